The minimum atomic E-state index is -0.429. The summed E-state index contributed by atoms with van der Waals surface area (Å²) in [6, 6.07) is 19.9. The van der Waals surface area contributed by atoms with Crippen LogP contribution < -0.4 is 15.0 Å². The highest BCUT2D eigenvalue weighted by atomic mass is 35.5. The topological polar surface area (TPSA) is 58.6 Å². The van der Waals surface area contributed by atoms with Gasteiger partial charge in [-0.05, 0) is 61.4 Å². The fraction of sp³-hybridized carbons (Fsp3) is 0.120. The van der Waals surface area contributed by atoms with Crippen molar-refractivity contribution >= 4 is 40.4 Å². The molecule has 6 heteroatoms. The summed E-state index contributed by atoms with van der Waals surface area (Å²) >= 11 is 6.26. The van der Waals surface area contributed by atoms with Crippen LogP contribution in [0.3, 0.4) is 0 Å². The molecule has 4 rings (SSSR count). The second-order valence-corrected chi connectivity index (χ2v) is 7.71. The van der Waals surface area contributed by atoms with Crippen molar-refractivity contribution < 1.29 is 14.3 Å². The van der Waals surface area contributed by atoms with Crippen molar-refractivity contribution in [1.82, 2.24) is 0 Å². The van der Waals surface area contributed by atoms with E-state index in [-0.39, 0.29) is 5.70 Å². The summed E-state index contributed by atoms with van der Waals surface area (Å²) in [4.78, 5) is 28.2. The largest absolute Gasteiger partial charge is 0.497 e. The standard InChI is InChI=1S/C25H21ClN2O3/c1-15-7-9-17(10-8-15)22-23(27-18-11-13-19(31-3)14-12-18)25(30)28(24(22)29)21-6-4-5-20(26)16(21)2/h4-14,27H,1-3H3. The maximum absolute atomic E-state index is 13.5. The van der Waals surface area contributed by atoms with E-state index in [1.807, 2.05) is 31.2 Å². The Hall–Kier alpha value is -3.57. The molecule has 1 aliphatic rings. The molecule has 1 aliphatic heterocycles. The van der Waals surface area contributed by atoms with Gasteiger partial charge in [0.2, 0.25) is 0 Å². The molecule has 2 amide bonds. The van der Waals surface area contributed by atoms with Crippen LogP contribution in [0.1, 0.15) is 16.7 Å². The van der Waals surface area contributed by atoms with E-state index in [1.165, 1.54) is 4.90 Å². The third kappa shape index (κ3) is 3.80. The summed E-state index contributed by atoms with van der Waals surface area (Å²) in [7, 11) is 1.59. The Bertz CT molecular complexity index is 1200. The number of rotatable bonds is 5. The Labute approximate surface area is 185 Å². The zero-order valence-electron chi connectivity index (χ0n) is 17.4. The van der Waals surface area contributed by atoms with Crippen molar-refractivity contribution in [2.45, 2.75) is 13.8 Å². The van der Waals surface area contributed by atoms with Gasteiger partial charge in [0.15, 0.2) is 0 Å². The number of ether oxygens (including phenoxy) is 1. The molecule has 1 heterocycles. The van der Waals surface area contributed by atoms with Gasteiger partial charge < -0.3 is 10.1 Å². The molecule has 156 valence electrons. The van der Waals surface area contributed by atoms with Crippen LogP contribution in [0.4, 0.5) is 11.4 Å². The molecule has 0 aromatic heterocycles. The van der Waals surface area contributed by atoms with Crippen molar-refractivity contribution in [3.8, 4) is 5.75 Å². The number of nitrogens with one attached hydrogen (secondary N) is 1. The first-order chi connectivity index (χ1) is 14.9. The number of amides is 2. The molecule has 0 aliphatic carbocycles. The predicted molar refractivity (Wildman–Crippen MR) is 123 cm³/mol. The van der Waals surface area contributed by atoms with Crippen LogP contribution in [0.2, 0.25) is 5.02 Å². The van der Waals surface area contributed by atoms with E-state index in [9.17, 15) is 9.59 Å². The van der Waals surface area contributed by atoms with Crippen LogP contribution in [0, 0.1) is 13.8 Å². The van der Waals surface area contributed by atoms with E-state index in [2.05, 4.69) is 5.32 Å². The molecule has 5 nitrogen and oxygen atoms in total. The second-order valence-electron chi connectivity index (χ2n) is 7.30. The average molecular weight is 433 g/mol. The minimum Gasteiger partial charge on any atom is -0.497 e. The summed E-state index contributed by atoms with van der Waals surface area (Å²) in [6.07, 6.45) is 0. The molecule has 0 atom stereocenters. The van der Waals surface area contributed by atoms with Gasteiger partial charge in [-0.2, -0.15) is 0 Å². The number of nitrogens with zero attached hydrogens (tertiary/aromatic N) is 1. The van der Waals surface area contributed by atoms with E-state index in [0.717, 1.165) is 5.56 Å². The first-order valence-corrected chi connectivity index (χ1v) is 10.1. The van der Waals surface area contributed by atoms with Crippen molar-refractivity contribution in [2.75, 3.05) is 17.3 Å². The lowest BCUT2D eigenvalue weighted by Crippen LogP contribution is -2.33. The van der Waals surface area contributed by atoms with E-state index >= 15 is 0 Å². The van der Waals surface area contributed by atoms with Gasteiger partial charge in [-0.3, -0.25) is 9.59 Å². The number of imide groups is 1. The summed E-state index contributed by atoms with van der Waals surface area (Å²) in [5.74, 6) is -0.125. The predicted octanol–water partition coefficient (Wildman–Crippen LogP) is 5.36. The van der Waals surface area contributed by atoms with Crippen molar-refractivity contribution in [1.29, 1.82) is 0 Å². The number of hydrogen-bond donors (Lipinski definition) is 1. The monoisotopic (exact) mass is 432 g/mol. The lowest BCUT2D eigenvalue weighted by Gasteiger charge is -2.18. The molecule has 31 heavy (non-hydrogen) atoms. The van der Waals surface area contributed by atoms with Crippen LogP contribution in [0.15, 0.2) is 72.4 Å². The number of anilines is 2. The summed E-state index contributed by atoms with van der Waals surface area (Å²) in [6.45, 7) is 3.76. The maximum Gasteiger partial charge on any atom is 0.282 e. The van der Waals surface area contributed by atoms with Gasteiger partial charge in [0.1, 0.15) is 11.4 Å². The third-order valence-electron chi connectivity index (χ3n) is 5.26. The summed E-state index contributed by atoms with van der Waals surface area (Å²) in [5, 5.41) is 3.64. The van der Waals surface area contributed by atoms with Gasteiger partial charge in [-0.25, -0.2) is 4.90 Å². The lowest BCUT2D eigenvalue weighted by molar-refractivity contribution is -0.120. The molecule has 3 aromatic rings. The summed E-state index contributed by atoms with van der Waals surface area (Å²) in [5.41, 5.74) is 4.08. The van der Waals surface area contributed by atoms with Crippen LogP contribution in [-0.2, 0) is 9.59 Å². The van der Waals surface area contributed by atoms with Crippen LogP contribution in [-0.4, -0.2) is 18.9 Å². The van der Waals surface area contributed by atoms with E-state index < -0.39 is 11.8 Å². The minimum absolute atomic E-state index is 0.221. The highest BCUT2D eigenvalue weighted by Crippen LogP contribution is 2.36. The fourth-order valence-corrected chi connectivity index (χ4v) is 3.68. The normalized spacial score (nSPS) is 13.7. The van der Waals surface area contributed by atoms with E-state index in [1.54, 1.807) is 56.5 Å². The maximum atomic E-state index is 13.5. The molecule has 0 bridgehead atoms. The number of halogens is 1. The van der Waals surface area contributed by atoms with Gasteiger partial charge >= 0.3 is 0 Å². The number of carbonyl (C=O) groups is 2. The second kappa shape index (κ2) is 8.28. The highest BCUT2D eigenvalue weighted by Gasteiger charge is 2.41. The zero-order chi connectivity index (χ0) is 22.1. The Morgan fingerprint density at radius 3 is 2.19 bits per heavy atom. The van der Waals surface area contributed by atoms with Crippen LogP contribution in [0.5, 0.6) is 5.75 Å². The number of methoxy groups -OCH3 is 1. The van der Waals surface area contributed by atoms with Gasteiger partial charge in [0.05, 0.1) is 18.4 Å². The smallest absolute Gasteiger partial charge is 0.282 e. The molecule has 1 N–H and O–H groups in total. The Balaban J connectivity index is 1.82. The number of aryl methyl sites for hydroxylation is 1. The third-order valence-corrected chi connectivity index (χ3v) is 5.67. The highest BCUT2D eigenvalue weighted by molar-refractivity contribution is 6.46. The fourth-order valence-electron chi connectivity index (χ4n) is 3.51. The number of benzene rings is 3. The van der Waals surface area contributed by atoms with Crippen molar-refractivity contribution in [3.63, 3.8) is 0 Å². The molecule has 0 radical (unpaired) electrons. The zero-order valence-corrected chi connectivity index (χ0v) is 18.2. The molecular formula is C25H21ClN2O3. The Morgan fingerprint density at radius 2 is 1.55 bits per heavy atom. The number of hydrogen-bond acceptors (Lipinski definition) is 4. The Kier molecular flexibility index (Phi) is 5.53. The quantitative estimate of drug-likeness (QED) is 0.551. The van der Waals surface area contributed by atoms with E-state index in [4.69, 9.17) is 16.3 Å². The molecule has 0 saturated heterocycles. The molecule has 3 aromatic carbocycles. The molecule has 0 spiro atoms. The first kappa shape index (κ1) is 20.7. The molecule has 0 unspecified atom stereocenters. The van der Waals surface area contributed by atoms with Gasteiger partial charge in [0, 0.05) is 10.7 Å². The van der Waals surface area contributed by atoms with Crippen LogP contribution in [0.25, 0.3) is 5.57 Å². The van der Waals surface area contributed by atoms with Gasteiger partial charge in [-0.15, -0.1) is 0 Å². The SMILES string of the molecule is COc1ccc(NC2=C(c3ccc(C)cc3)C(=O)N(c3cccc(Cl)c3C)C2=O)cc1. The summed E-state index contributed by atoms with van der Waals surface area (Å²) < 4.78 is 5.20. The van der Waals surface area contributed by atoms with Crippen molar-refractivity contribution in [2.24, 2.45) is 0 Å². The van der Waals surface area contributed by atoms with Gasteiger partial charge in [0.25, 0.3) is 11.8 Å². The molecular weight excluding hydrogens is 412 g/mol. The lowest BCUT2D eigenvalue weighted by atomic mass is 10.0. The number of carbonyl (C=O) groups excluding carboxylic acids is 2. The average Bonchev–Trinajstić information content (AvgIpc) is 3.01. The van der Waals surface area contributed by atoms with Gasteiger partial charge in [-0.1, -0.05) is 47.5 Å². The van der Waals surface area contributed by atoms with E-state index in [0.29, 0.717) is 38.8 Å². The first-order valence-electron chi connectivity index (χ1n) is 9.77. The molecule has 0 fully saturated rings. The van der Waals surface area contributed by atoms with Crippen LogP contribution >= 0.6 is 11.6 Å². The molecule has 0 saturated carbocycles. The Morgan fingerprint density at radius 1 is 0.871 bits per heavy atom. The van der Waals surface area contributed by atoms with Crippen molar-refractivity contribution in [3.05, 3.63) is 94.1 Å².